The van der Waals surface area contributed by atoms with Crippen molar-refractivity contribution in [2.75, 3.05) is 6.54 Å². The second-order valence-corrected chi connectivity index (χ2v) is 6.70. The minimum absolute atomic E-state index is 0.145. The fraction of sp³-hybridized carbons (Fsp3) is 0.444. The summed E-state index contributed by atoms with van der Waals surface area (Å²) < 4.78 is 5.21. The Balaban J connectivity index is 1.79. The van der Waals surface area contributed by atoms with Crippen molar-refractivity contribution in [1.82, 2.24) is 15.6 Å². The third-order valence-corrected chi connectivity index (χ3v) is 3.27. The molecule has 0 radical (unpaired) electrons. The molecule has 23 heavy (non-hydrogen) atoms. The Bertz CT molecular complexity index is 665. The number of nitrogens with zero attached hydrogens (tertiary/aromatic N) is 1. The van der Waals surface area contributed by atoms with Crippen LogP contribution in [0.4, 0.5) is 4.79 Å². The Hall–Kier alpha value is -2.14. The van der Waals surface area contributed by atoms with E-state index in [1.807, 2.05) is 39.8 Å². The zero-order valence-corrected chi connectivity index (χ0v) is 14.2. The lowest BCUT2D eigenvalue weighted by molar-refractivity contribution is 0.0523. The summed E-state index contributed by atoms with van der Waals surface area (Å²) in [6.45, 7) is 8.83. The smallest absolute Gasteiger partial charge is 0.407 e. The van der Waals surface area contributed by atoms with Gasteiger partial charge in [0.15, 0.2) is 0 Å². The van der Waals surface area contributed by atoms with Gasteiger partial charge in [-0.1, -0.05) is 12.1 Å². The fourth-order valence-electron chi connectivity index (χ4n) is 2.15. The molecule has 1 unspecified atom stereocenters. The minimum Gasteiger partial charge on any atom is -0.444 e. The van der Waals surface area contributed by atoms with Gasteiger partial charge in [0.1, 0.15) is 5.60 Å². The Labute approximate surface area is 137 Å². The van der Waals surface area contributed by atoms with E-state index in [9.17, 15) is 4.79 Å². The van der Waals surface area contributed by atoms with Gasteiger partial charge in [-0.25, -0.2) is 4.79 Å². The van der Waals surface area contributed by atoms with Crippen LogP contribution >= 0.6 is 0 Å². The van der Waals surface area contributed by atoms with Crippen LogP contribution < -0.4 is 10.6 Å². The van der Waals surface area contributed by atoms with E-state index in [1.54, 1.807) is 6.20 Å². The molecule has 2 N–H and O–H groups in total. The summed E-state index contributed by atoms with van der Waals surface area (Å²) in [5, 5.41) is 7.29. The molecule has 1 amide bonds. The van der Waals surface area contributed by atoms with Gasteiger partial charge >= 0.3 is 6.09 Å². The van der Waals surface area contributed by atoms with E-state index in [1.165, 1.54) is 5.56 Å². The highest BCUT2D eigenvalue weighted by Gasteiger charge is 2.16. The second kappa shape index (κ2) is 7.42. The average Bonchev–Trinajstić information content (AvgIpc) is 2.49. The van der Waals surface area contributed by atoms with Crippen LogP contribution in [0.3, 0.4) is 0 Å². The van der Waals surface area contributed by atoms with Crippen LogP contribution in [-0.4, -0.2) is 29.3 Å². The highest BCUT2D eigenvalue weighted by molar-refractivity contribution is 5.78. The Morgan fingerprint density at radius 1 is 1.30 bits per heavy atom. The minimum atomic E-state index is -0.472. The molecule has 1 heterocycles. The molecule has 0 aliphatic heterocycles. The number of pyridine rings is 1. The van der Waals surface area contributed by atoms with Crippen molar-refractivity contribution in [3.8, 4) is 0 Å². The number of hydrogen-bond donors (Lipinski definition) is 2. The van der Waals surface area contributed by atoms with Gasteiger partial charge in [-0.2, -0.15) is 0 Å². The van der Waals surface area contributed by atoms with Gasteiger partial charge in [0, 0.05) is 30.7 Å². The SMILES string of the molecule is CC(CNC(=O)OC(C)(C)C)NCc1ccc2ncccc2c1. The maximum absolute atomic E-state index is 11.6. The first-order valence-corrected chi connectivity index (χ1v) is 7.87. The molecule has 0 spiro atoms. The van der Waals surface area contributed by atoms with Gasteiger partial charge in [-0.15, -0.1) is 0 Å². The Kier molecular flexibility index (Phi) is 5.55. The molecule has 0 aliphatic rings. The van der Waals surface area contributed by atoms with Crippen molar-refractivity contribution < 1.29 is 9.53 Å². The maximum atomic E-state index is 11.6. The molecular formula is C18H25N3O2. The third kappa shape index (κ3) is 5.87. The normalized spacial score (nSPS) is 12.9. The topological polar surface area (TPSA) is 63.2 Å². The van der Waals surface area contributed by atoms with Crippen LogP contribution in [0.5, 0.6) is 0 Å². The summed E-state index contributed by atoms with van der Waals surface area (Å²) in [5.41, 5.74) is 1.71. The zero-order chi connectivity index (χ0) is 16.9. The molecule has 2 rings (SSSR count). The van der Waals surface area contributed by atoms with Gasteiger partial charge in [0.2, 0.25) is 0 Å². The monoisotopic (exact) mass is 315 g/mol. The highest BCUT2D eigenvalue weighted by atomic mass is 16.6. The van der Waals surface area contributed by atoms with E-state index in [4.69, 9.17) is 4.74 Å². The lowest BCUT2D eigenvalue weighted by Crippen LogP contribution is -2.40. The van der Waals surface area contributed by atoms with Gasteiger partial charge in [-0.3, -0.25) is 4.98 Å². The number of carbonyl (C=O) groups excluding carboxylic acids is 1. The number of hydrogen-bond acceptors (Lipinski definition) is 4. The van der Waals surface area contributed by atoms with Crippen LogP contribution in [0.25, 0.3) is 10.9 Å². The van der Waals surface area contributed by atoms with Crippen LogP contribution in [-0.2, 0) is 11.3 Å². The van der Waals surface area contributed by atoms with E-state index >= 15 is 0 Å². The first-order chi connectivity index (χ1) is 10.8. The first kappa shape index (κ1) is 17.2. The molecule has 0 saturated heterocycles. The average molecular weight is 315 g/mol. The molecular weight excluding hydrogens is 290 g/mol. The van der Waals surface area contributed by atoms with Crippen LogP contribution in [0, 0.1) is 0 Å². The fourth-order valence-corrected chi connectivity index (χ4v) is 2.15. The van der Waals surface area contributed by atoms with E-state index in [0.717, 1.165) is 17.4 Å². The van der Waals surface area contributed by atoms with Crippen LogP contribution in [0.2, 0.25) is 0 Å². The first-order valence-electron chi connectivity index (χ1n) is 7.87. The van der Waals surface area contributed by atoms with E-state index < -0.39 is 5.60 Å². The number of ether oxygens (including phenoxy) is 1. The number of carbonyl (C=O) groups is 1. The summed E-state index contributed by atoms with van der Waals surface area (Å²) in [7, 11) is 0. The molecule has 1 aromatic carbocycles. The summed E-state index contributed by atoms with van der Waals surface area (Å²) in [6.07, 6.45) is 1.41. The number of benzene rings is 1. The second-order valence-electron chi connectivity index (χ2n) is 6.70. The number of fused-ring (bicyclic) bond motifs is 1. The van der Waals surface area contributed by atoms with E-state index in [-0.39, 0.29) is 12.1 Å². The molecule has 0 bridgehead atoms. The number of nitrogens with one attached hydrogen (secondary N) is 2. The quantitative estimate of drug-likeness (QED) is 0.889. The largest absolute Gasteiger partial charge is 0.444 e. The van der Waals surface area contributed by atoms with Gasteiger partial charge < -0.3 is 15.4 Å². The number of aromatic nitrogens is 1. The molecule has 124 valence electrons. The number of amides is 1. The van der Waals surface area contributed by atoms with Crippen molar-refractivity contribution in [1.29, 1.82) is 0 Å². The number of alkyl carbamates (subject to hydrolysis) is 1. The predicted molar refractivity (Wildman–Crippen MR) is 92.3 cm³/mol. The van der Waals surface area contributed by atoms with Gasteiger partial charge in [0.05, 0.1) is 5.52 Å². The molecule has 1 atom stereocenters. The van der Waals surface area contributed by atoms with Crippen molar-refractivity contribution in [3.63, 3.8) is 0 Å². The lowest BCUT2D eigenvalue weighted by atomic mass is 10.1. The molecule has 2 aromatic rings. The molecule has 0 fully saturated rings. The number of rotatable bonds is 5. The maximum Gasteiger partial charge on any atom is 0.407 e. The molecule has 0 aliphatic carbocycles. The van der Waals surface area contributed by atoms with Gasteiger partial charge in [0.25, 0.3) is 0 Å². The van der Waals surface area contributed by atoms with Crippen molar-refractivity contribution in [2.45, 2.75) is 45.9 Å². The Morgan fingerprint density at radius 2 is 2.09 bits per heavy atom. The van der Waals surface area contributed by atoms with Crippen LogP contribution in [0.1, 0.15) is 33.3 Å². The van der Waals surface area contributed by atoms with Crippen molar-refractivity contribution in [2.24, 2.45) is 0 Å². The standard InChI is InChI=1S/C18H25N3O2/c1-13(11-21-17(22)23-18(2,3)4)20-12-14-7-8-16-15(10-14)6-5-9-19-16/h5-10,13,20H,11-12H2,1-4H3,(H,21,22). The zero-order valence-electron chi connectivity index (χ0n) is 14.2. The third-order valence-electron chi connectivity index (χ3n) is 3.27. The Morgan fingerprint density at radius 3 is 2.83 bits per heavy atom. The van der Waals surface area contributed by atoms with Crippen molar-refractivity contribution in [3.05, 3.63) is 42.1 Å². The highest BCUT2D eigenvalue weighted by Crippen LogP contribution is 2.13. The molecule has 5 nitrogen and oxygen atoms in total. The van der Waals surface area contributed by atoms with E-state index in [2.05, 4.69) is 33.8 Å². The predicted octanol–water partition coefficient (Wildman–Crippen LogP) is 3.24. The van der Waals surface area contributed by atoms with Crippen LogP contribution in [0.15, 0.2) is 36.5 Å². The van der Waals surface area contributed by atoms with E-state index in [0.29, 0.717) is 6.54 Å². The summed E-state index contributed by atoms with van der Waals surface area (Å²) in [6, 6.07) is 10.4. The lowest BCUT2D eigenvalue weighted by Gasteiger charge is -2.21. The molecule has 1 aromatic heterocycles. The van der Waals surface area contributed by atoms with Crippen molar-refractivity contribution >= 4 is 17.0 Å². The van der Waals surface area contributed by atoms with Gasteiger partial charge in [-0.05, 0) is 51.5 Å². The summed E-state index contributed by atoms with van der Waals surface area (Å²) in [4.78, 5) is 15.9. The molecule has 0 saturated carbocycles. The summed E-state index contributed by atoms with van der Waals surface area (Å²) in [5.74, 6) is 0. The summed E-state index contributed by atoms with van der Waals surface area (Å²) >= 11 is 0. The molecule has 5 heteroatoms.